The van der Waals surface area contributed by atoms with E-state index in [0.717, 1.165) is 37.2 Å². The molecule has 1 heterocycles. The Bertz CT molecular complexity index is 454. The fraction of sp³-hybridized carbons (Fsp3) is 0.647. The number of methoxy groups -OCH3 is 1. The first kappa shape index (κ1) is 14.7. The van der Waals surface area contributed by atoms with E-state index in [1.165, 1.54) is 44.3 Å². The number of rotatable bonds is 8. The highest BCUT2D eigenvalue weighted by molar-refractivity contribution is 5.43. The number of hydrogen-bond donors (Lipinski definition) is 1. The van der Waals surface area contributed by atoms with E-state index in [0.29, 0.717) is 0 Å². The van der Waals surface area contributed by atoms with Crippen LogP contribution < -0.4 is 14.8 Å². The molecule has 1 aliphatic carbocycles. The maximum absolute atomic E-state index is 5.96. The number of nitrogens with zero attached hydrogens (tertiary/aromatic N) is 1. The molecule has 0 spiro atoms. The summed E-state index contributed by atoms with van der Waals surface area (Å²) in [5.74, 6) is 1.69. The second-order valence-electron chi connectivity index (χ2n) is 6.04. The lowest BCUT2D eigenvalue weighted by atomic mass is 10.2. The van der Waals surface area contributed by atoms with Gasteiger partial charge in [0, 0.05) is 19.1 Å². The van der Waals surface area contributed by atoms with Crippen LogP contribution in [0.2, 0.25) is 0 Å². The molecule has 1 saturated carbocycles. The van der Waals surface area contributed by atoms with Crippen molar-refractivity contribution in [1.29, 1.82) is 0 Å². The van der Waals surface area contributed by atoms with Crippen LogP contribution in [0.4, 0.5) is 0 Å². The van der Waals surface area contributed by atoms with Gasteiger partial charge in [-0.25, -0.2) is 0 Å². The molecule has 1 saturated heterocycles. The molecule has 1 N–H and O–H groups in total. The van der Waals surface area contributed by atoms with Gasteiger partial charge in [0.25, 0.3) is 0 Å². The van der Waals surface area contributed by atoms with Crippen molar-refractivity contribution in [2.45, 2.75) is 38.3 Å². The van der Waals surface area contributed by atoms with E-state index >= 15 is 0 Å². The molecule has 0 radical (unpaired) electrons. The van der Waals surface area contributed by atoms with Gasteiger partial charge in [-0.15, -0.1) is 0 Å². The molecule has 4 heteroatoms. The third-order valence-corrected chi connectivity index (χ3v) is 4.26. The molecule has 1 aromatic rings. The fourth-order valence-corrected chi connectivity index (χ4v) is 2.78. The molecule has 116 valence electrons. The monoisotopic (exact) mass is 290 g/mol. The average Bonchev–Trinajstić information content (AvgIpc) is 3.20. The van der Waals surface area contributed by atoms with Crippen molar-refractivity contribution >= 4 is 0 Å². The van der Waals surface area contributed by atoms with Crippen molar-refractivity contribution in [3.8, 4) is 11.5 Å². The van der Waals surface area contributed by atoms with E-state index in [1.54, 1.807) is 7.11 Å². The summed E-state index contributed by atoms with van der Waals surface area (Å²) in [4.78, 5) is 2.46. The van der Waals surface area contributed by atoms with Crippen LogP contribution in [0.3, 0.4) is 0 Å². The minimum absolute atomic E-state index is 0.728. The summed E-state index contributed by atoms with van der Waals surface area (Å²) >= 11 is 0. The van der Waals surface area contributed by atoms with E-state index in [-0.39, 0.29) is 0 Å². The molecular formula is C17H26N2O2. The van der Waals surface area contributed by atoms with Gasteiger partial charge < -0.3 is 14.8 Å². The zero-order valence-corrected chi connectivity index (χ0v) is 12.9. The molecule has 1 aliphatic heterocycles. The summed E-state index contributed by atoms with van der Waals surface area (Å²) in [5, 5.41) is 3.53. The van der Waals surface area contributed by atoms with Crippen molar-refractivity contribution < 1.29 is 9.47 Å². The molecule has 0 amide bonds. The molecular weight excluding hydrogens is 264 g/mol. The van der Waals surface area contributed by atoms with Crippen LogP contribution in [-0.2, 0) is 6.54 Å². The van der Waals surface area contributed by atoms with E-state index in [1.807, 2.05) is 6.07 Å². The first-order valence-electron chi connectivity index (χ1n) is 8.10. The lowest BCUT2D eigenvalue weighted by molar-refractivity contribution is 0.230. The molecule has 1 aromatic carbocycles. The number of nitrogens with one attached hydrogen (secondary N) is 1. The molecule has 21 heavy (non-hydrogen) atoms. The topological polar surface area (TPSA) is 33.7 Å². The summed E-state index contributed by atoms with van der Waals surface area (Å²) < 4.78 is 11.4. The molecule has 0 unspecified atom stereocenters. The number of likely N-dealkylation sites (tertiary alicyclic amines) is 1. The summed E-state index contributed by atoms with van der Waals surface area (Å²) in [6, 6.07) is 6.96. The number of ether oxygens (including phenoxy) is 2. The van der Waals surface area contributed by atoms with Gasteiger partial charge >= 0.3 is 0 Å². The predicted octanol–water partition coefficient (Wildman–Crippen LogP) is 2.42. The zero-order valence-electron chi connectivity index (χ0n) is 12.9. The SMILES string of the molecule is COc1ccc(CNC2CC2)cc1OCCN1CCCC1. The van der Waals surface area contributed by atoms with Crippen LogP contribution in [0.15, 0.2) is 18.2 Å². The van der Waals surface area contributed by atoms with Gasteiger partial charge in [-0.05, 0) is 56.5 Å². The molecule has 0 bridgehead atoms. The third-order valence-electron chi connectivity index (χ3n) is 4.26. The Hall–Kier alpha value is -1.26. The van der Waals surface area contributed by atoms with Gasteiger partial charge in [-0.1, -0.05) is 6.07 Å². The van der Waals surface area contributed by atoms with Crippen molar-refractivity contribution in [3.63, 3.8) is 0 Å². The summed E-state index contributed by atoms with van der Waals surface area (Å²) in [6.07, 6.45) is 5.28. The first-order chi connectivity index (χ1) is 10.3. The van der Waals surface area contributed by atoms with Gasteiger partial charge in [0.1, 0.15) is 6.61 Å². The zero-order chi connectivity index (χ0) is 14.5. The maximum Gasteiger partial charge on any atom is 0.161 e. The highest BCUT2D eigenvalue weighted by Crippen LogP contribution is 2.28. The summed E-state index contributed by atoms with van der Waals surface area (Å²) in [6.45, 7) is 5.08. The van der Waals surface area contributed by atoms with Crippen molar-refractivity contribution in [2.75, 3.05) is 33.4 Å². The maximum atomic E-state index is 5.96. The van der Waals surface area contributed by atoms with Crippen LogP contribution in [0.1, 0.15) is 31.2 Å². The van der Waals surface area contributed by atoms with Crippen molar-refractivity contribution in [2.24, 2.45) is 0 Å². The van der Waals surface area contributed by atoms with E-state index in [9.17, 15) is 0 Å². The van der Waals surface area contributed by atoms with E-state index in [2.05, 4.69) is 22.3 Å². The van der Waals surface area contributed by atoms with Crippen LogP contribution in [0.5, 0.6) is 11.5 Å². The molecule has 2 fully saturated rings. The Morgan fingerprint density at radius 1 is 1.19 bits per heavy atom. The number of hydrogen-bond acceptors (Lipinski definition) is 4. The molecule has 0 atom stereocenters. The molecule has 2 aliphatic rings. The van der Waals surface area contributed by atoms with Crippen LogP contribution in [0.25, 0.3) is 0 Å². The van der Waals surface area contributed by atoms with E-state index in [4.69, 9.17) is 9.47 Å². The standard InChI is InChI=1S/C17H26N2O2/c1-20-16-7-4-14(13-18-15-5-6-15)12-17(16)21-11-10-19-8-2-3-9-19/h4,7,12,15,18H,2-3,5-6,8-11,13H2,1H3. The lowest BCUT2D eigenvalue weighted by Crippen LogP contribution is -2.25. The highest BCUT2D eigenvalue weighted by Gasteiger charge is 2.20. The van der Waals surface area contributed by atoms with Gasteiger partial charge in [0.2, 0.25) is 0 Å². The van der Waals surface area contributed by atoms with Crippen LogP contribution >= 0.6 is 0 Å². The second kappa shape index (κ2) is 7.14. The fourth-order valence-electron chi connectivity index (χ4n) is 2.78. The number of benzene rings is 1. The molecule has 0 aromatic heterocycles. The summed E-state index contributed by atoms with van der Waals surface area (Å²) in [5.41, 5.74) is 1.26. The lowest BCUT2D eigenvalue weighted by Gasteiger charge is -2.17. The van der Waals surface area contributed by atoms with Gasteiger partial charge in [-0.2, -0.15) is 0 Å². The first-order valence-corrected chi connectivity index (χ1v) is 8.10. The Labute approximate surface area is 127 Å². The second-order valence-corrected chi connectivity index (χ2v) is 6.04. The van der Waals surface area contributed by atoms with Gasteiger partial charge in [-0.3, -0.25) is 4.90 Å². The largest absolute Gasteiger partial charge is 0.493 e. The van der Waals surface area contributed by atoms with Gasteiger partial charge in [0.15, 0.2) is 11.5 Å². The van der Waals surface area contributed by atoms with E-state index < -0.39 is 0 Å². The normalized spacial score (nSPS) is 18.9. The van der Waals surface area contributed by atoms with Crippen LogP contribution in [0, 0.1) is 0 Å². The van der Waals surface area contributed by atoms with Crippen molar-refractivity contribution in [1.82, 2.24) is 10.2 Å². The third kappa shape index (κ3) is 4.35. The Kier molecular flexibility index (Phi) is 4.99. The molecule has 4 nitrogen and oxygen atoms in total. The quantitative estimate of drug-likeness (QED) is 0.797. The van der Waals surface area contributed by atoms with Gasteiger partial charge in [0.05, 0.1) is 7.11 Å². The minimum atomic E-state index is 0.728. The highest BCUT2D eigenvalue weighted by atomic mass is 16.5. The predicted molar refractivity (Wildman–Crippen MR) is 84.0 cm³/mol. The van der Waals surface area contributed by atoms with Crippen molar-refractivity contribution in [3.05, 3.63) is 23.8 Å². The Balaban J connectivity index is 1.53. The smallest absolute Gasteiger partial charge is 0.161 e. The Morgan fingerprint density at radius 2 is 2.00 bits per heavy atom. The van der Waals surface area contributed by atoms with Crippen LogP contribution in [-0.4, -0.2) is 44.3 Å². The molecule has 3 rings (SSSR count). The average molecular weight is 290 g/mol. The Morgan fingerprint density at radius 3 is 2.71 bits per heavy atom. The minimum Gasteiger partial charge on any atom is -0.493 e. The summed E-state index contributed by atoms with van der Waals surface area (Å²) in [7, 11) is 1.70.